The molecule has 74 heavy (non-hydrogen) atoms. The molecule has 0 aliphatic heterocycles. The first kappa shape index (κ1) is 42.6. The summed E-state index contributed by atoms with van der Waals surface area (Å²) in [5.74, 6) is 0. The fraction of sp³-hybridized carbons (Fsp3) is 0.0423. The number of benzene rings is 11. The standard InChI is InChI=1S/C71H48N2S/c1-6-20-47(21-7-1)49-34-37-54(38-35-49)72(56-39-42-58-57-30-18-19-33-63(57)71(64(58)46-56,51-24-10-3-11-25-51)52-26-12-4-13-27-52)55-40-43-66-62(45-55)68-67-61-41-36-50(48-22-8-2-9-23-48)44-65(61)73(53-28-14-5-15-29-53)69(67)59-31-16-17-32-60(59)70(68)74-66/h1-14,16-28,30-46H,15,29H2. The van der Waals surface area contributed by atoms with Crippen molar-refractivity contribution in [1.29, 1.82) is 0 Å². The summed E-state index contributed by atoms with van der Waals surface area (Å²) in [4.78, 5) is 2.49. The number of rotatable bonds is 8. The highest BCUT2D eigenvalue weighted by atomic mass is 32.1. The van der Waals surface area contributed by atoms with Gasteiger partial charge in [-0.2, -0.15) is 0 Å². The van der Waals surface area contributed by atoms with Crippen molar-refractivity contribution in [3.8, 4) is 33.4 Å². The molecule has 0 bridgehead atoms. The van der Waals surface area contributed by atoms with Crippen molar-refractivity contribution >= 4 is 86.8 Å². The molecule has 0 fully saturated rings. The number of thiophene rings is 1. The smallest absolute Gasteiger partial charge is 0.0714 e. The van der Waals surface area contributed by atoms with Crippen LogP contribution in [0.5, 0.6) is 0 Å². The van der Waals surface area contributed by atoms with Crippen LogP contribution >= 0.6 is 11.3 Å². The van der Waals surface area contributed by atoms with Crippen molar-refractivity contribution in [2.24, 2.45) is 0 Å². The molecule has 0 radical (unpaired) electrons. The van der Waals surface area contributed by atoms with Crippen LogP contribution in [0.2, 0.25) is 0 Å². The molecule has 0 saturated heterocycles. The van der Waals surface area contributed by atoms with E-state index >= 15 is 0 Å². The molecule has 2 nitrogen and oxygen atoms in total. The Morgan fingerprint density at radius 1 is 0.419 bits per heavy atom. The number of anilines is 3. The molecule has 11 aromatic carbocycles. The van der Waals surface area contributed by atoms with E-state index in [1.807, 2.05) is 11.3 Å². The van der Waals surface area contributed by atoms with Gasteiger partial charge < -0.3 is 9.47 Å². The highest BCUT2D eigenvalue weighted by Gasteiger charge is 2.46. The molecule has 2 heterocycles. The van der Waals surface area contributed by atoms with E-state index in [2.05, 4.69) is 276 Å². The van der Waals surface area contributed by atoms with Crippen LogP contribution in [0.3, 0.4) is 0 Å². The molecule has 2 aliphatic rings. The molecule has 0 amide bonds. The van der Waals surface area contributed by atoms with Crippen molar-refractivity contribution < 1.29 is 0 Å². The van der Waals surface area contributed by atoms with Crippen LogP contribution in [-0.4, -0.2) is 4.57 Å². The highest BCUT2D eigenvalue weighted by Crippen LogP contribution is 2.58. The Hall–Kier alpha value is -9.02. The van der Waals surface area contributed by atoms with Crippen LogP contribution in [0.4, 0.5) is 17.1 Å². The summed E-state index contributed by atoms with van der Waals surface area (Å²) in [5.41, 5.74) is 19.1. The van der Waals surface area contributed by atoms with Gasteiger partial charge in [-0.1, -0.05) is 212 Å². The molecule has 0 saturated carbocycles. The fourth-order valence-corrected chi connectivity index (χ4v) is 13.9. The Labute approximate surface area is 434 Å². The van der Waals surface area contributed by atoms with E-state index in [9.17, 15) is 0 Å². The van der Waals surface area contributed by atoms with Gasteiger partial charge in [-0.3, -0.25) is 0 Å². The summed E-state index contributed by atoms with van der Waals surface area (Å²) >= 11 is 1.92. The number of fused-ring (bicyclic) bond motifs is 13. The summed E-state index contributed by atoms with van der Waals surface area (Å²) in [5, 5.41) is 7.76. The van der Waals surface area contributed by atoms with Gasteiger partial charge in [-0.25, -0.2) is 0 Å². The van der Waals surface area contributed by atoms with Crippen LogP contribution in [0, 0.1) is 0 Å². The summed E-state index contributed by atoms with van der Waals surface area (Å²) in [7, 11) is 0. The lowest BCUT2D eigenvalue weighted by Gasteiger charge is -2.35. The maximum absolute atomic E-state index is 2.60. The molecule has 0 spiro atoms. The second-order valence-electron chi connectivity index (χ2n) is 19.8. The van der Waals surface area contributed by atoms with E-state index in [0.717, 1.165) is 29.9 Å². The number of hydrogen-bond donors (Lipinski definition) is 0. The zero-order valence-corrected chi connectivity index (χ0v) is 41.4. The Kier molecular flexibility index (Phi) is 9.83. The van der Waals surface area contributed by atoms with Gasteiger partial charge in [0.1, 0.15) is 0 Å². The number of hydrogen-bond acceptors (Lipinski definition) is 2. The Balaban J connectivity index is 1.01. The minimum Gasteiger partial charge on any atom is -0.312 e. The second kappa shape index (κ2) is 17.1. The van der Waals surface area contributed by atoms with Gasteiger partial charge in [-0.05, 0) is 123 Å². The third-order valence-corrected chi connectivity index (χ3v) is 17.1. The largest absolute Gasteiger partial charge is 0.312 e. The third kappa shape index (κ3) is 6.43. The van der Waals surface area contributed by atoms with Gasteiger partial charge in [0.15, 0.2) is 0 Å². The van der Waals surface area contributed by atoms with E-state index < -0.39 is 5.41 Å². The average molecular weight is 961 g/mol. The normalized spacial score (nSPS) is 13.7. The molecule has 2 aromatic heterocycles. The highest BCUT2D eigenvalue weighted by molar-refractivity contribution is 7.27. The quantitative estimate of drug-likeness (QED) is 0.147. The molecule has 2 aliphatic carbocycles. The molecule has 3 heteroatoms. The van der Waals surface area contributed by atoms with Crippen molar-refractivity contribution in [2.45, 2.75) is 18.3 Å². The van der Waals surface area contributed by atoms with Gasteiger partial charge >= 0.3 is 0 Å². The molecule has 13 aromatic rings. The number of aromatic nitrogens is 1. The van der Waals surface area contributed by atoms with Crippen LogP contribution in [-0.2, 0) is 5.41 Å². The molecule has 0 unspecified atom stereocenters. The summed E-state index contributed by atoms with van der Waals surface area (Å²) in [6.45, 7) is 0. The average Bonchev–Trinajstić information content (AvgIpc) is 4.13. The minimum atomic E-state index is -0.536. The zero-order chi connectivity index (χ0) is 48.7. The third-order valence-electron chi connectivity index (χ3n) is 15.9. The van der Waals surface area contributed by atoms with Crippen LogP contribution in [0.25, 0.3) is 91.8 Å². The molecule has 0 N–H and O–H groups in total. The molecule has 348 valence electrons. The van der Waals surface area contributed by atoms with Crippen molar-refractivity contribution in [1.82, 2.24) is 4.57 Å². The van der Waals surface area contributed by atoms with Gasteiger partial charge in [0.05, 0.1) is 16.4 Å². The van der Waals surface area contributed by atoms with Crippen LogP contribution in [0.1, 0.15) is 35.1 Å². The Morgan fingerprint density at radius 3 is 1.72 bits per heavy atom. The van der Waals surface area contributed by atoms with Gasteiger partial charge in [0, 0.05) is 64.5 Å². The predicted molar refractivity (Wildman–Crippen MR) is 315 cm³/mol. The van der Waals surface area contributed by atoms with Crippen LogP contribution in [0.15, 0.2) is 267 Å². The van der Waals surface area contributed by atoms with Crippen LogP contribution < -0.4 is 4.90 Å². The van der Waals surface area contributed by atoms with E-state index in [4.69, 9.17) is 0 Å². The molecular formula is C71H48N2S. The van der Waals surface area contributed by atoms with Crippen molar-refractivity contribution in [3.63, 3.8) is 0 Å². The summed E-state index contributed by atoms with van der Waals surface area (Å²) in [6.07, 6.45) is 8.87. The van der Waals surface area contributed by atoms with E-state index in [1.54, 1.807) is 0 Å². The van der Waals surface area contributed by atoms with Crippen molar-refractivity contribution in [2.75, 3.05) is 4.90 Å². The fourth-order valence-electron chi connectivity index (χ4n) is 12.7. The second-order valence-corrected chi connectivity index (χ2v) is 20.9. The number of allylic oxidation sites excluding steroid dienone is 4. The van der Waals surface area contributed by atoms with E-state index in [-0.39, 0.29) is 0 Å². The Bertz CT molecular complexity index is 4350. The lowest BCUT2D eigenvalue weighted by Crippen LogP contribution is -2.28. The topological polar surface area (TPSA) is 8.17 Å². The molecular weight excluding hydrogens is 913 g/mol. The lowest BCUT2D eigenvalue weighted by atomic mass is 9.67. The summed E-state index contributed by atoms with van der Waals surface area (Å²) < 4.78 is 5.21. The monoisotopic (exact) mass is 960 g/mol. The predicted octanol–water partition coefficient (Wildman–Crippen LogP) is 19.7. The lowest BCUT2D eigenvalue weighted by molar-refractivity contribution is 0.768. The van der Waals surface area contributed by atoms with Crippen molar-refractivity contribution in [3.05, 3.63) is 289 Å². The van der Waals surface area contributed by atoms with E-state index in [1.165, 1.54) is 114 Å². The number of nitrogens with zero attached hydrogens (tertiary/aromatic N) is 2. The first-order chi connectivity index (χ1) is 36.7. The zero-order valence-electron chi connectivity index (χ0n) is 40.6. The summed E-state index contributed by atoms with van der Waals surface area (Å²) in [6, 6.07) is 92.7. The van der Waals surface area contributed by atoms with E-state index in [0.29, 0.717) is 0 Å². The maximum atomic E-state index is 2.60. The molecule has 15 rings (SSSR count). The SMILES string of the molecule is C1=CCCC(n2c3cc(-c4ccccc4)ccc3c3c4c5cc(N(c6ccc(-c7ccccc7)cc6)c6ccc7c(c6)C(c6ccccc6)(c6ccccc6)c6ccccc6-7)ccc5sc4c4ccccc4c32)=C1. The van der Waals surface area contributed by atoms with Gasteiger partial charge in [0.2, 0.25) is 0 Å². The first-order valence-corrected chi connectivity index (χ1v) is 26.6. The van der Waals surface area contributed by atoms with Gasteiger partial charge in [-0.15, -0.1) is 11.3 Å². The Morgan fingerprint density at radius 2 is 1.00 bits per heavy atom. The van der Waals surface area contributed by atoms with Gasteiger partial charge in [0.25, 0.3) is 0 Å². The first-order valence-electron chi connectivity index (χ1n) is 25.8. The molecule has 0 atom stereocenters. The minimum absolute atomic E-state index is 0.536. The maximum Gasteiger partial charge on any atom is 0.0714 e.